The number of hydrogen-bond acceptors (Lipinski definition) is 2. The van der Waals surface area contributed by atoms with E-state index in [4.69, 9.17) is 4.74 Å². The third kappa shape index (κ3) is 2.48. The third-order valence-corrected chi connectivity index (χ3v) is 2.07. The molecule has 0 aromatic heterocycles. The summed E-state index contributed by atoms with van der Waals surface area (Å²) in [6.07, 6.45) is 0. The molecule has 0 aliphatic heterocycles. The molecule has 0 N–H and O–H groups in total. The number of aryl methyl sites for hydroxylation is 1. The fraction of sp³-hybridized carbons (Fsp3) is 0.222. The zero-order valence-corrected chi connectivity index (χ0v) is 9.08. The Morgan fingerprint density at radius 2 is 2.17 bits per heavy atom. The van der Waals surface area contributed by atoms with Gasteiger partial charge in [-0.2, -0.15) is 0 Å². The molecule has 64 valence electrons. The van der Waals surface area contributed by atoms with Crippen LogP contribution in [0.25, 0.3) is 0 Å². The van der Waals surface area contributed by atoms with Crippen molar-refractivity contribution in [2.24, 2.45) is 0 Å². The van der Waals surface area contributed by atoms with Crippen molar-refractivity contribution in [3.8, 4) is 5.75 Å². The number of hydrogen-bond donors (Lipinski definition) is 0. The second-order valence-corrected chi connectivity index (χ2v) is 3.75. The Labute approximate surface area is 85.1 Å². The number of halogens is 1. The first-order valence-corrected chi connectivity index (χ1v) is 4.62. The molecule has 0 heterocycles. The average molecular weight is 276 g/mol. The predicted octanol–water partition coefficient (Wildman–Crippen LogP) is 2.52. The quantitative estimate of drug-likeness (QED) is 0.447. The van der Waals surface area contributed by atoms with Gasteiger partial charge in [-0.15, -0.1) is 0 Å². The largest absolute Gasteiger partial charge is 0.426 e. The van der Waals surface area contributed by atoms with E-state index in [-0.39, 0.29) is 5.97 Å². The Hall–Kier alpha value is -0.580. The lowest BCUT2D eigenvalue weighted by atomic mass is 10.2. The molecule has 0 fully saturated rings. The van der Waals surface area contributed by atoms with Crippen LogP contribution in [0.5, 0.6) is 5.75 Å². The van der Waals surface area contributed by atoms with Gasteiger partial charge in [0.25, 0.3) is 0 Å². The van der Waals surface area contributed by atoms with E-state index in [1.165, 1.54) is 6.92 Å². The first-order chi connectivity index (χ1) is 5.59. The van der Waals surface area contributed by atoms with Gasteiger partial charge in [0.1, 0.15) is 5.75 Å². The fourth-order valence-electron chi connectivity index (χ4n) is 0.839. The summed E-state index contributed by atoms with van der Waals surface area (Å²) in [6.45, 7) is 3.31. The Balaban J connectivity index is 2.97. The highest BCUT2D eigenvalue weighted by atomic mass is 127. The van der Waals surface area contributed by atoms with E-state index in [1.54, 1.807) is 0 Å². The highest BCUT2D eigenvalue weighted by Gasteiger charge is 2.02. The molecule has 3 heteroatoms. The molecule has 0 unspecified atom stereocenters. The van der Waals surface area contributed by atoms with E-state index in [0.29, 0.717) is 5.75 Å². The number of esters is 1. The normalized spacial score (nSPS) is 9.58. The summed E-state index contributed by atoms with van der Waals surface area (Å²) in [5.41, 5.74) is 0.977. The summed E-state index contributed by atoms with van der Waals surface area (Å²) in [4.78, 5) is 10.7. The van der Waals surface area contributed by atoms with Gasteiger partial charge in [0.2, 0.25) is 0 Å². The van der Waals surface area contributed by atoms with Crippen LogP contribution in [0, 0.1) is 10.5 Å². The molecule has 0 amide bonds. The molecular weight excluding hydrogens is 267 g/mol. The summed E-state index contributed by atoms with van der Waals surface area (Å²) in [5, 5.41) is 0. The van der Waals surface area contributed by atoms with Gasteiger partial charge in [0.05, 0.1) is 0 Å². The van der Waals surface area contributed by atoms with Crippen LogP contribution in [0.4, 0.5) is 0 Å². The molecular formula is C9H9IO2. The zero-order chi connectivity index (χ0) is 9.14. The zero-order valence-electron chi connectivity index (χ0n) is 6.93. The molecule has 0 atom stereocenters. The van der Waals surface area contributed by atoms with Crippen molar-refractivity contribution in [1.29, 1.82) is 0 Å². The number of carbonyl (C=O) groups excluding carboxylic acids is 1. The first kappa shape index (κ1) is 9.51. The number of benzene rings is 1. The maximum atomic E-state index is 10.7. The summed E-state index contributed by atoms with van der Waals surface area (Å²) in [6, 6.07) is 5.75. The molecule has 1 aromatic carbocycles. The molecule has 2 nitrogen and oxygen atoms in total. The lowest BCUT2D eigenvalue weighted by molar-refractivity contribution is -0.131. The Morgan fingerprint density at radius 1 is 1.50 bits per heavy atom. The van der Waals surface area contributed by atoms with Crippen LogP contribution in [0.15, 0.2) is 18.2 Å². The van der Waals surface area contributed by atoms with Gasteiger partial charge in [-0.05, 0) is 47.2 Å². The van der Waals surface area contributed by atoms with Crippen molar-refractivity contribution in [3.05, 3.63) is 27.3 Å². The SMILES string of the molecule is CC(=O)Oc1cc(I)ccc1C. The minimum atomic E-state index is -0.278. The summed E-state index contributed by atoms with van der Waals surface area (Å²) < 4.78 is 6.05. The maximum Gasteiger partial charge on any atom is 0.308 e. The standard InChI is InChI=1S/C9H9IO2/c1-6-3-4-8(10)5-9(6)12-7(2)11/h3-5H,1-2H3. The van der Waals surface area contributed by atoms with E-state index in [1.807, 2.05) is 25.1 Å². The topological polar surface area (TPSA) is 26.3 Å². The van der Waals surface area contributed by atoms with E-state index in [2.05, 4.69) is 22.6 Å². The molecule has 12 heavy (non-hydrogen) atoms. The minimum absolute atomic E-state index is 0.278. The highest BCUT2D eigenvalue weighted by Crippen LogP contribution is 2.20. The van der Waals surface area contributed by atoms with Crippen LogP contribution in [0.2, 0.25) is 0 Å². The minimum Gasteiger partial charge on any atom is -0.426 e. The van der Waals surface area contributed by atoms with Crippen molar-refractivity contribution in [1.82, 2.24) is 0 Å². The van der Waals surface area contributed by atoms with Gasteiger partial charge in [-0.3, -0.25) is 4.79 Å². The van der Waals surface area contributed by atoms with Crippen LogP contribution in [-0.4, -0.2) is 5.97 Å². The molecule has 1 aromatic rings. The van der Waals surface area contributed by atoms with Crippen molar-refractivity contribution in [3.63, 3.8) is 0 Å². The second kappa shape index (κ2) is 3.89. The smallest absolute Gasteiger partial charge is 0.308 e. The Kier molecular flexibility index (Phi) is 3.08. The molecule has 0 saturated carbocycles. The van der Waals surface area contributed by atoms with Gasteiger partial charge in [0.15, 0.2) is 0 Å². The van der Waals surface area contributed by atoms with Crippen molar-refractivity contribution < 1.29 is 9.53 Å². The predicted molar refractivity (Wildman–Crippen MR) is 55.2 cm³/mol. The van der Waals surface area contributed by atoms with Gasteiger partial charge >= 0.3 is 5.97 Å². The number of ether oxygens (including phenoxy) is 1. The van der Waals surface area contributed by atoms with E-state index < -0.39 is 0 Å². The van der Waals surface area contributed by atoms with Gasteiger partial charge in [0, 0.05) is 10.5 Å². The molecule has 0 aliphatic rings. The van der Waals surface area contributed by atoms with Crippen LogP contribution >= 0.6 is 22.6 Å². The molecule has 0 aliphatic carbocycles. The summed E-state index contributed by atoms with van der Waals surface area (Å²) in [5.74, 6) is 0.370. The fourth-order valence-corrected chi connectivity index (χ4v) is 1.30. The van der Waals surface area contributed by atoms with Crippen LogP contribution in [0.3, 0.4) is 0 Å². The van der Waals surface area contributed by atoms with Crippen molar-refractivity contribution >= 4 is 28.6 Å². The van der Waals surface area contributed by atoms with E-state index in [0.717, 1.165) is 9.13 Å². The molecule has 0 radical (unpaired) electrons. The molecule has 0 saturated heterocycles. The Morgan fingerprint density at radius 3 is 2.75 bits per heavy atom. The van der Waals surface area contributed by atoms with Crippen LogP contribution in [0.1, 0.15) is 12.5 Å². The summed E-state index contributed by atoms with van der Waals surface area (Å²) in [7, 11) is 0. The Bertz CT molecular complexity index is 307. The number of carbonyl (C=O) groups is 1. The van der Waals surface area contributed by atoms with Crippen LogP contribution < -0.4 is 4.74 Å². The highest BCUT2D eigenvalue weighted by molar-refractivity contribution is 14.1. The van der Waals surface area contributed by atoms with E-state index in [9.17, 15) is 4.79 Å². The van der Waals surface area contributed by atoms with Gasteiger partial charge in [-0.25, -0.2) is 0 Å². The van der Waals surface area contributed by atoms with Crippen molar-refractivity contribution in [2.75, 3.05) is 0 Å². The average Bonchev–Trinajstić information content (AvgIpc) is 1.96. The van der Waals surface area contributed by atoms with Crippen molar-refractivity contribution in [2.45, 2.75) is 13.8 Å². The molecule has 0 bridgehead atoms. The van der Waals surface area contributed by atoms with Crippen LogP contribution in [-0.2, 0) is 4.79 Å². The van der Waals surface area contributed by atoms with Gasteiger partial charge < -0.3 is 4.74 Å². The van der Waals surface area contributed by atoms with E-state index >= 15 is 0 Å². The molecule has 1 rings (SSSR count). The monoisotopic (exact) mass is 276 g/mol. The third-order valence-electron chi connectivity index (χ3n) is 1.40. The lowest BCUT2D eigenvalue weighted by Gasteiger charge is -2.04. The number of rotatable bonds is 1. The molecule has 0 spiro atoms. The second-order valence-electron chi connectivity index (χ2n) is 2.50. The lowest BCUT2D eigenvalue weighted by Crippen LogP contribution is -2.02. The summed E-state index contributed by atoms with van der Waals surface area (Å²) >= 11 is 2.18. The van der Waals surface area contributed by atoms with Gasteiger partial charge in [-0.1, -0.05) is 6.07 Å². The maximum absolute atomic E-state index is 10.7. The first-order valence-electron chi connectivity index (χ1n) is 3.54.